The Bertz CT molecular complexity index is 787. The molecule has 2 saturated heterocycles. The van der Waals surface area contributed by atoms with Gasteiger partial charge in [-0.2, -0.15) is 0 Å². The third-order valence-corrected chi connectivity index (χ3v) is 6.69. The molecule has 0 radical (unpaired) electrons. The number of hydrogen-bond donors (Lipinski definition) is 0. The minimum absolute atomic E-state index is 0.270. The number of rotatable bonds is 2. The van der Waals surface area contributed by atoms with Crippen molar-refractivity contribution < 1.29 is 28.3 Å². The minimum atomic E-state index is -0.694. The van der Waals surface area contributed by atoms with Gasteiger partial charge in [-0.25, -0.2) is 4.79 Å². The number of carbonyl (C=O) groups excluding carboxylic acids is 1. The lowest BCUT2D eigenvalue weighted by atomic mass is 9.78. The molecule has 164 valence electrons. The molecule has 0 aliphatic carbocycles. The summed E-state index contributed by atoms with van der Waals surface area (Å²) in [4.78, 5) is 13.7. The van der Waals surface area contributed by atoms with Crippen molar-refractivity contribution in [2.45, 2.75) is 70.9 Å². The van der Waals surface area contributed by atoms with Crippen molar-refractivity contribution in [2.75, 3.05) is 26.3 Å². The smallest absolute Gasteiger partial charge is 0.462 e. The van der Waals surface area contributed by atoms with E-state index in [9.17, 15) is 4.79 Å². The van der Waals surface area contributed by atoms with E-state index in [1.165, 1.54) is 0 Å². The molecule has 1 spiro atoms. The molecule has 3 aliphatic rings. The zero-order chi connectivity index (χ0) is 21.6. The highest BCUT2D eigenvalue weighted by molar-refractivity contribution is 6.62. The van der Waals surface area contributed by atoms with E-state index in [0.29, 0.717) is 39.1 Å². The van der Waals surface area contributed by atoms with Gasteiger partial charge in [-0.1, -0.05) is 12.1 Å². The molecule has 0 bridgehead atoms. The second-order valence-electron chi connectivity index (χ2n) is 9.25. The van der Waals surface area contributed by atoms with Crippen LogP contribution in [0.5, 0.6) is 5.75 Å². The molecule has 0 saturated carbocycles. The van der Waals surface area contributed by atoms with Crippen molar-refractivity contribution in [3.05, 3.63) is 23.8 Å². The van der Waals surface area contributed by atoms with Crippen molar-refractivity contribution in [1.29, 1.82) is 0 Å². The van der Waals surface area contributed by atoms with Gasteiger partial charge in [0.1, 0.15) is 5.75 Å². The van der Waals surface area contributed by atoms with Crippen LogP contribution in [0.3, 0.4) is 0 Å². The summed E-state index contributed by atoms with van der Waals surface area (Å²) in [5.41, 5.74) is 1.33. The fourth-order valence-electron chi connectivity index (χ4n) is 4.09. The maximum atomic E-state index is 12.0. The molecule has 0 atom stereocenters. The standard InChI is InChI=1S/C22H32BNO6/c1-6-26-19(25)24-12-10-22(11-13-24)27-14-9-16-15-17(7-8-18(16)28-22)23-29-20(2,3)21(4,5)30-23/h7-8,15H,6,9-14H2,1-5H3. The molecule has 0 aromatic heterocycles. The number of amides is 1. The Hall–Kier alpha value is -1.77. The van der Waals surface area contributed by atoms with Crippen LogP contribution in [0.15, 0.2) is 18.2 Å². The number of fused-ring (bicyclic) bond motifs is 1. The Balaban J connectivity index is 1.47. The van der Waals surface area contributed by atoms with Gasteiger partial charge in [-0.05, 0) is 58.1 Å². The number of carbonyl (C=O) groups is 1. The Morgan fingerprint density at radius 2 is 1.80 bits per heavy atom. The van der Waals surface area contributed by atoms with Crippen LogP contribution in [0.4, 0.5) is 4.79 Å². The first kappa shape index (κ1) is 21.5. The van der Waals surface area contributed by atoms with E-state index in [1.54, 1.807) is 4.90 Å². The first-order valence-electron chi connectivity index (χ1n) is 10.9. The summed E-state index contributed by atoms with van der Waals surface area (Å²) in [7, 11) is -0.397. The van der Waals surface area contributed by atoms with Gasteiger partial charge in [-0.15, -0.1) is 0 Å². The fourth-order valence-corrected chi connectivity index (χ4v) is 4.09. The lowest BCUT2D eigenvalue weighted by Gasteiger charge is -2.40. The molecule has 3 heterocycles. The average molecular weight is 417 g/mol. The third-order valence-electron chi connectivity index (χ3n) is 6.69. The van der Waals surface area contributed by atoms with E-state index < -0.39 is 12.9 Å². The SMILES string of the molecule is CCOC(=O)N1CCC2(CC1)OCCc1cc(B3OC(C)(C)C(C)(C)O3)ccc1O2. The Kier molecular flexibility index (Phi) is 5.53. The highest BCUT2D eigenvalue weighted by Gasteiger charge is 2.52. The number of likely N-dealkylation sites (tertiary alicyclic amines) is 1. The van der Waals surface area contributed by atoms with Crippen molar-refractivity contribution in [2.24, 2.45) is 0 Å². The Morgan fingerprint density at radius 1 is 1.13 bits per heavy atom. The van der Waals surface area contributed by atoms with E-state index in [0.717, 1.165) is 23.2 Å². The monoisotopic (exact) mass is 417 g/mol. The lowest BCUT2D eigenvalue weighted by molar-refractivity contribution is -0.200. The molecule has 1 amide bonds. The summed E-state index contributed by atoms with van der Waals surface area (Å²) in [6.45, 7) is 12.1. The van der Waals surface area contributed by atoms with E-state index in [2.05, 4.69) is 33.8 Å². The molecule has 0 N–H and O–H groups in total. The number of nitrogens with zero attached hydrogens (tertiary/aromatic N) is 1. The van der Waals surface area contributed by atoms with Crippen molar-refractivity contribution in [3.8, 4) is 5.75 Å². The van der Waals surface area contributed by atoms with Gasteiger partial charge < -0.3 is 28.4 Å². The molecular weight excluding hydrogens is 385 g/mol. The molecule has 1 aromatic rings. The summed E-state index contributed by atoms with van der Waals surface area (Å²) in [5.74, 6) is 0.137. The number of piperidine rings is 1. The van der Waals surface area contributed by atoms with Gasteiger partial charge in [-0.3, -0.25) is 0 Å². The Morgan fingerprint density at radius 3 is 2.43 bits per heavy atom. The fraction of sp³-hybridized carbons (Fsp3) is 0.682. The summed E-state index contributed by atoms with van der Waals surface area (Å²) < 4.78 is 30.1. The van der Waals surface area contributed by atoms with Crippen LogP contribution < -0.4 is 10.2 Å². The quantitative estimate of drug-likeness (QED) is 0.690. The van der Waals surface area contributed by atoms with E-state index >= 15 is 0 Å². The van der Waals surface area contributed by atoms with Gasteiger partial charge in [0.25, 0.3) is 0 Å². The van der Waals surface area contributed by atoms with Gasteiger partial charge in [0.2, 0.25) is 5.79 Å². The number of benzene rings is 1. The lowest BCUT2D eigenvalue weighted by Crippen LogP contribution is -2.51. The van der Waals surface area contributed by atoms with Crippen molar-refractivity contribution in [1.82, 2.24) is 4.90 Å². The van der Waals surface area contributed by atoms with Gasteiger partial charge in [0, 0.05) is 25.9 Å². The Labute approximate surface area is 179 Å². The van der Waals surface area contributed by atoms with Crippen molar-refractivity contribution >= 4 is 18.7 Å². The van der Waals surface area contributed by atoms with Crippen molar-refractivity contribution in [3.63, 3.8) is 0 Å². The summed E-state index contributed by atoms with van der Waals surface area (Å²) in [6.07, 6.45) is 1.72. The topological polar surface area (TPSA) is 66.5 Å². The van der Waals surface area contributed by atoms with E-state index in [1.807, 2.05) is 19.1 Å². The maximum Gasteiger partial charge on any atom is 0.494 e. The van der Waals surface area contributed by atoms with Gasteiger partial charge in [0.05, 0.1) is 24.4 Å². The van der Waals surface area contributed by atoms with Crippen LogP contribution in [0.2, 0.25) is 0 Å². The summed E-state index contributed by atoms with van der Waals surface area (Å²) >= 11 is 0. The maximum absolute atomic E-state index is 12.0. The van der Waals surface area contributed by atoms with Crippen LogP contribution in [0.25, 0.3) is 0 Å². The zero-order valence-electron chi connectivity index (χ0n) is 18.7. The van der Waals surface area contributed by atoms with Crippen LogP contribution in [-0.2, 0) is 25.2 Å². The predicted molar refractivity (Wildman–Crippen MR) is 113 cm³/mol. The van der Waals surface area contributed by atoms with Gasteiger partial charge in [0.15, 0.2) is 0 Å². The third kappa shape index (κ3) is 3.93. The molecule has 30 heavy (non-hydrogen) atoms. The van der Waals surface area contributed by atoms with Crippen LogP contribution in [0.1, 0.15) is 53.0 Å². The van der Waals surface area contributed by atoms with Crippen LogP contribution in [-0.4, -0.2) is 61.4 Å². The van der Waals surface area contributed by atoms with Crippen LogP contribution in [0, 0.1) is 0 Å². The summed E-state index contributed by atoms with van der Waals surface area (Å²) in [6, 6.07) is 6.10. The molecule has 0 unspecified atom stereocenters. The molecule has 7 nitrogen and oxygen atoms in total. The molecule has 4 rings (SSSR count). The zero-order valence-corrected chi connectivity index (χ0v) is 18.7. The molecule has 8 heteroatoms. The van der Waals surface area contributed by atoms with Gasteiger partial charge >= 0.3 is 13.2 Å². The second kappa shape index (κ2) is 7.73. The molecule has 3 aliphatic heterocycles. The largest absolute Gasteiger partial charge is 0.494 e. The predicted octanol–water partition coefficient (Wildman–Crippen LogP) is 2.89. The summed E-state index contributed by atoms with van der Waals surface area (Å²) in [5, 5.41) is 0. The average Bonchev–Trinajstić information content (AvgIpc) is 2.81. The van der Waals surface area contributed by atoms with E-state index in [-0.39, 0.29) is 17.3 Å². The second-order valence-corrected chi connectivity index (χ2v) is 9.25. The number of hydrogen-bond acceptors (Lipinski definition) is 6. The molecule has 2 fully saturated rings. The number of ether oxygens (including phenoxy) is 3. The highest BCUT2D eigenvalue weighted by atomic mass is 16.7. The van der Waals surface area contributed by atoms with Crippen LogP contribution >= 0.6 is 0 Å². The molecule has 1 aromatic carbocycles. The normalized spacial score (nSPS) is 24.2. The first-order valence-corrected chi connectivity index (χ1v) is 10.9. The van der Waals surface area contributed by atoms with E-state index in [4.69, 9.17) is 23.5 Å². The molecular formula is C22H32BNO6. The first-order chi connectivity index (χ1) is 14.1. The minimum Gasteiger partial charge on any atom is -0.462 e. The highest BCUT2D eigenvalue weighted by Crippen LogP contribution is 2.38.